The topological polar surface area (TPSA) is 84.1 Å². The van der Waals surface area contributed by atoms with Gasteiger partial charge < -0.3 is 14.0 Å². The van der Waals surface area contributed by atoms with Crippen molar-refractivity contribution >= 4 is 17.5 Å². The summed E-state index contributed by atoms with van der Waals surface area (Å²) in [4.78, 5) is 17.6. The molecule has 0 radical (unpaired) electrons. The molecular formula is C26H25N5O3S. The molecule has 0 unspecified atom stereocenters. The van der Waals surface area contributed by atoms with Gasteiger partial charge in [0.15, 0.2) is 34.4 Å². The summed E-state index contributed by atoms with van der Waals surface area (Å²) in [5.41, 5.74) is 2.50. The lowest BCUT2D eigenvalue weighted by Gasteiger charge is -2.26. The molecule has 8 nitrogen and oxygen atoms in total. The SMILES string of the molecule is C=CCn1c(SCC(=O)c2cc(C)n(-c3ccccn3)c2C)nnc1[C@@H]1COc2ccccc2O1. The zero-order valence-electron chi connectivity index (χ0n) is 19.5. The third-order valence-corrected chi connectivity index (χ3v) is 6.76. The lowest BCUT2D eigenvalue weighted by atomic mass is 10.2. The number of benzene rings is 1. The molecule has 0 spiro atoms. The third kappa shape index (κ3) is 4.46. The van der Waals surface area contributed by atoms with E-state index in [1.807, 2.05) is 71.5 Å². The number of fused-ring (bicyclic) bond motifs is 1. The molecule has 1 aliphatic heterocycles. The van der Waals surface area contributed by atoms with E-state index in [0.29, 0.717) is 41.2 Å². The molecule has 4 aromatic rings. The predicted molar refractivity (Wildman–Crippen MR) is 134 cm³/mol. The number of hydrogen-bond acceptors (Lipinski definition) is 7. The molecule has 178 valence electrons. The molecule has 0 N–H and O–H groups in total. The minimum Gasteiger partial charge on any atom is -0.485 e. The monoisotopic (exact) mass is 487 g/mol. The van der Waals surface area contributed by atoms with E-state index < -0.39 is 6.10 Å². The number of nitrogens with zero attached hydrogens (tertiary/aromatic N) is 5. The molecule has 35 heavy (non-hydrogen) atoms. The highest BCUT2D eigenvalue weighted by atomic mass is 32.2. The van der Waals surface area contributed by atoms with E-state index in [1.54, 1.807) is 12.3 Å². The number of hydrogen-bond donors (Lipinski definition) is 0. The van der Waals surface area contributed by atoms with Gasteiger partial charge in [-0.2, -0.15) is 0 Å². The number of aromatic nitrogens is 5. The normalized spacial score (nSPS) is 14.6. The van der Waals surface area contributed by atoms with Gasteiger partial charge in [0.05, 0.1) is 5.75 Å². The van der Waals surface area contributed by atoms with Crippen LogP contribution in [0.3, 0.4) is 0 Å². The molecule has 9 heteroatoms. The number of aryl methyl sites for hydroxylation is 1. The number of thioether (sulfide) groups is 1. The number of rotatable bonds is 8. The van der Waals surface area contributed by atoms with Crippen molar-refractivity contribution in [2.24, 2.45) is 0 Å². The van der Waals surface area contributed by atoms with Gasteiger partial charge in [-0.25, -0.2) is 4.98 Å². The minimum atomic E-state index is -0.403. The Bertz CT molecular complexity index is 1380. The van der Waals surface area contributed by atoms with Crippen LogP contribution in [0.25, 0.3) is 5.82 Å². The quantitative estimate of drug-likeness (QED) is 0.201. The van der Waals surface area contributed by atoms with Gasteiger partial charge in [-0.05, 0) is 44.2 Å². The number of ketones is 1. The number of ether oxygens (including phenoxy) is 2. The number of Topliss-reactive ketones (excluding diaryl/α,β-unsaturated/α-hetero) is 1. The zero-order valence-corrected chi connectivity index (χ0v) is 20.4. The van der Waals surface area contributed by atoms with Crippen LogP contribution in [0.5, 0.6) is 11.5 Å². The number of pyridine rings is 1. The zero-order chi connectivity index (χ0) is 24.4. The Kier molecular flexibility index (Phi) is 6.41. The molecule has 1 aliphatic rings. The van der Waals surface area contributed by atoms with Crippen LogP contribution in [0.4, 0.5) is 0 Å². The van der Waals surface area contributed by atoms with Gasteiger partial charge >= 0.3 is 0 Å². The maximum absolute atomic E-state index is 13.2. The molecule has 3 aromatic heterocycles. The Morgan fingerprint density at radius 3 is 2.74 bits per heavy atom. The summed E-state index contributed by atoms with van der Waals surface area (Å²) < 4.78 is 15.9. The first-order valence-corrected chi connectivity index (χ1v) is 12.2. The summed E-state index contributed by atoms with van der Waals surface area (Å²) in [6, 6.07) is 15.2. The lowest BCUT2D eigenvalue weighted by Crippen LogP contribution is -2.25. The highest BCUT2D eigenvalue weighted by Crippen LogP contribution is 2.36. The standard InChI is InChI=1S/C26H25N5O3S/c1-4-13-30-25(23-15-33-21-9-5-6-10-22(21)34-23)28-29-26(30)35-16-20(32)19-14-17(2)31(18(19)3)24-11-7-8-12-27-24/h4-12,14,23H,1,13,15-16H2,2-3H3/t23-/m0/s1. The Morgan fingerprint density at radius 2 is 1.97 bits per heavy atom. The van der Waals surface area contributed by atoms with E-state index in [4.69, 9.17) is 9.47 Å². The summed E-state index contributed by atoms with van der Waals surface area (Å²) >= 11 is 1.35. The molecule has 0 fully saturated rings. The fourth-order valence-electron chi connectivity index (χ4n) is 4.18. The van der Waals surface area contributed by atoms with Crippen LogP contribution >= 0.6 is 11.8 Å². The maximum atomic E-state index is 13.2. The van der Waals surface area contributed by atoms with Crippen LogP contribution in [0, 0.1) is 13.8 Å². The van der Waals surface area contributed by atoms with E-state index in [9.17, 15) is 4.79 Å². The lowest BCUT2D eigenvalue weighted by molar-refractivity contribution is 0.0821. The van der Waals surface area contributed by atoms with Crippen LogP contribution in [0.15, 0.2) is 72.5 Å². The van der Waals surface area contributed by atoms with Gasteiger partial charge in [0, 0.05) is 29.7 Å². The highest BCUT2D eigenvalue weighted by molar-refractivity contribution is 7.99. The van der Waals surface area contributed by atoms with Crippen molar-refractivity contribution in [3.8, 4) is 17.3 Å². The Hall–Kier alpha value is -3.85. The summed E-state index contributed by atoms with van der Waals surface area (Å²) in [6.07, 6.45) is 3.12. The third-order valence-electron chi connectivity index (χ3n) is 5.80. The molecule has 1 atom stereocenters. The molecule has 0 bridgehead atoms. The summed E-state index contributed by atoms with van der Waals surface area (Å²) in [5, 5.41) is 9.36. The van der Waals surface area contributed by atoms with E-state index in [0.717, 1.165) is 17.2 Å². The number of allylic oxidation sites excluding steroid dienone is 1. The average Bonchev–Trinajstić information content (AvgIpc) is 3.42. The van der Waals surface area contributed by atoms with Gasteiger partial charge in [-0.15, -0.1) is 16.8 Å². The fraction of sp³-hybridized carbons (Fsp3) is 0.231. The molecule has 0 amide bonds. The Morgan fingerprint density at radius 1 is 1.17 bits per heavy atom. The largest absolute Gasteiger partial charge is 0.485 e. The maximum Gasteiger partial charge on any atom is 0.192 e. The number of para-hydroxylation sites is 2. The summed E-state index contributed by atoms with van der Waals surface area (Å²) in [7, 11) is 0. The predicted octanol–water partition coefficient (Wildman–Crippen LogP) is 4.75. The van der Waals surface area contributed by atoms with Crippen LogP contribution < -0.4 is 9.47 Å². The van der Waals surface area contributed by atoms with Crippen LogP contribution in [0.2, 0.25) is 0 Å². The smallest absolute Gasteiger partial charge is 0.192 e. The van der Waals surface area contributed by atoms with E-state index in [2.05, 4.69) is 21.8 Å². The summed E-state index contributed by atoms with van der Waals surface area (Å²) in [6.45, 7) is 8.60. The van der Waals surface area contributed by atoms with Crippen LogP contribution in [0.1, 0.15) is 33.7 Å². The van der Waals surface area contributed by atoms with Crippen LogP contribution in [-0.4, -0.2) is 42.5 Å². The van der Waals surface area contributed by atoms with Gasteiger partial charge in [0.25, 0.3) is 0 Å². The molecular weight excluding hydrogens is 462 g/mol. The first kappa shape index (κ1) is 22.9. The summed E-state index contributed by atoms with van der Waals surface area (Å²) in [5.74, 6) is 3.06. The van der Waals surface area contributed by atoms with E-state index >= 15 is 0 Å². The Labute approximate surface area is 207 Å². The Balaban J connectivity index is 1.34. The molecule has 1 aromatic carbocycles. The number of carbonyl (C=O) groups is 1. The van der Waals surface area contributed by atoms with Crippen molar-refractivity contribution in [2.75, 3.05) is 12.4 Å². The highest BCUT2D eigenvalue weighted by Gasteiger charge is 2.28. The minimum absolute atomic E-state index is 0.0196. The molecule has 5 rings (SSSR count). The van der Waals surface area contributed by atoms with Crippen molar-refractivity contribution in [1.82, 2.24) is 24.3 Å². The fourth-order valence-corrected chi connectivity index (χ4v) is 5.02. The first-order chi connectivity index (χ1) is 17.1. The molecule has 0 saturated carbocycles. The van der Waals surface area contributed by atoms with Crippen molar-refractivity contribution in [3.05, 3.63) is 90.2 Å². The van der Waals surface area contributed by atoms with Gasteiger partial charge in [0.2, 0.25) is 0 Å². The van der Waals surface area contributed by atoms with Crippen molar-refractivity contribution < 1.29 is 14.3 Å². The van der Waals surface area contributed by atoms with E-state index in [-0.39, 0.29) is 11.5 Å². The van der Waals surface area contributed by atoms with Gasteiger partial charge in [-0.1, -0.05) is 36.0 Å². The van der Waals surface area contributed by atoms with Gasteiger partial charge in [-0.3, -0.25) is 9.36 Å². The average molecular weight is 488 g/mol. The second-order valence-electron chi connectivity index (χ2n) is 8.12. The van der Waals surface area contributed by atoms with Crippen molar-refractivity contribution in [3.63, 3.8) is 0 Å². The second-order valence-corrected chi connectivity index (χ2v) is 9.07. The van der Waals surface area contributed by atoms with Crippen LogP contribution in [-0.2, 0) is 6.54 Å². The molecule has 4 heterocycles. The van der Waals surface area contributed by atoms with Crippen molar-refractivity contribution in [1.29, 1.82) is 0 Å². The molecule has 0 saturated heterocycles. The second kappa shape index (κ2) is 9.79. The van der Waals surface area contributed by atoms with Gasteiger partial charge in [0.1, 0.15) is 12.4 Å². The van der Waals surface area contributed by atoms with E-state index in [1.165, 1.54) is 11.8 Å². The number of carbonyl (C=O) groups excluding carboxylic acids is 1. The van der Waals surface area contributed by atoms with Crippen molar-refractivity contribution in [2.45, 2.75) is 31.7 Å². The first-order valence-electron chi connectivity index (χ1n) is 11.3. The molecule has 0 aliphatic carbocycles.